The van der Waals surface area contributed by atoms with Gasteiger partial charge in [-0.2, -0.15) is 13.2 Å². The minimum Gasteiger partial charge on any atom is -0.308 e. The quantitative estimate of drug-likeness (QED) is 0.878. The van der Waals surface area contributed by atoms with Crippen LogP contribution in [0.15, 0.2) is 42.6 Å². The van der Waals surface area contributed by atoms with Crippen LogP contribution in [-0.4, -0.2) is 11.0 Å². The lowest BCUT2D eigenvalue weighted by atomic mass is 10.2. The van der Waals surface area contributed by atoms with E-state index in [1.807, 2.05) is 0 Å². The summed E-state index contributed by atoms with van der Waals surface area (Å²) in [6, 6.07) is 7.12. The van der Waals surface area contributed by atoms with E-state index >= 15 is 0 Å². The smallest absolute Gasteiger partial charge is 0.308 e. The SMILES string of the molecule is Cc1cccnc1NC(=O)Nc1ccc(C(F)(F)F)cc1. The lowest BCUT2D eigenvalue weighted by molar-refractivity contribution is -0.137. The van der Waals surface area contributed by atoms with Crippen LogP contribution in [0.5, 0.6) is 0 Å². The molecule has 0 radical (unpaired) electrons. The molecule has 1 heterocycles. The number of hydrogen-bond donors (Lipinski definition) is 2. The Hall–Kier alpha value is -2.57. The van der Waals surface area contributed by atoms with E-state index in [4.69, 9.17) is 0 Å². The summed E-state index contributed by atoms with van der Waals surface area (Å²) in [4.78, 5) is 15.7. The summed E-state index contributed by atoms with van der Waals surface area (Å²) in [7, 11) is 0. The van der Waals surface area contributed by atoms with Gasteiger partial charge in [-0.15, -0.1) is 0 Å². The predicted octanol–water partition coefficient (Wildman–Crippen LogP) is 4.05. The molecule has 0 fully saturated rings. The third-order valence-electron chi connectivity index (χ3n) is 2.71. The normalized spacial score (nSPS) is 11.0. The van der Waals surface area contributed by atoms with E-state index in [1.165, 1.54) is 18.3 Å². The van der Waals surface area contributed by atoms with Crippen molar-refractivity contribution in [3.63, 3.8) is 0 Å². The van der Waals surface area contributed by atoms with Crippen molar-refractivity contribution in [2.75, 3.05) is 10.6 Å². The number of alkyl halides is 3. The highest BCUT2D eigenvalue weighted by Gasteiger charge is 2.29. The first kappa shape index (κ1) is 14.8. The highest BCUT2D eigenvalue weighted by molar-refractivity contribution is 5.99. The molecule has 0 saturated carbocycles. The summed E-state index contributed by atoms with van der Waals surface area (Å²) in [6.45, 7) is 1.78. The van der Waals surface area contributed by atoms with Gasteiger partial charge in [-0.05, 0) is 42.8 Å². The van der Waals surface area contributed by atoms with Gasteiger partial charge in [-0.3, -0.25) is 5.32 Å². The Balaban J connectivity index is 2.02. The van der Waals surface area contributed by atoms with E-state index in [0.29, 0.717) is 5.82 Å². The summed E-state index contributed by atoms with van der Waals surface area (Å²) in [6.07, 6.45) is -2.87. The molecule has 0 aliphatic carbocycles. The van der Waals surface area contributed by atoms with E-state index < -0.39 is 17.8 Å². The van der Waals surface area contributed by atoms with Gasteiger partial charge in [0, 0.05) is 11.9 Å². The highest BCUT2D eigenvalue weighted by atomic mass is 19.4. The second kappa shape index (κ2) is 5.82. The fraction of sp³-hybridized carbons (Fsp3) is 0.143. The Morgan fingerprint density at radius 3 is 2.33 bits per heavy atom. The summed E-state index contributed by atoms with van der Waals surface area (Å²) < 4.78 is 37.2. The Morgan fingerprint density at radius 2 is 1.76 bits per heavy atom. The van der Waals surface area contributed by atoms with Gasteiger partial charge in [-0.1, -0.05) is 6.07 Å². The third kappa shape index (κ3) is 3.95. The van der Waals surface area contributed by atoms with Gasteiger partial charge in [0.05, 0.1) is 5.56 Å². The fourth-order valence-electron chi connectivity index (χ4n) is 1.63. The summed E-state index contributed by atoms with van der Waals surface area (Å²) in [5.41, 5.74) is 0.267. The molecule has 0 spiro atoms. The number of pyridine rings is 1. The molecule has 2 amide bonds. The van der Waals surface area contributed by atoms with Gasteiger partial charge < -0.3 is 5.32 Å². The standard InChI is InChI=1S/C14H12F3N3O/c1-9-3-2-8-18-12(9)20-13(21)19-11-6-4-10(5-7-11)14(15,16)17/h2-8H,1H3,(H2,18,19,20,21). The Bertz CT molecular complexity index is 639. The number of halogens is 3. The molecule has 0 unspecified atom stereocenters. The molecule has 1 aromatic carbocycles. The van der Waals surface area contributed by atoms with E-state index in [-0.39, 0.29) is 5.69 Å². The van der Waals surface area contributed by atoms with Crippen LogP contribution in [0.25, 0.3) is 0 Å². The minimum absolute atomic E-state index is 0.258. The summed E-state index contributed by atoms with van der Waals surface area (Å²) in [5, 5.41) is 4.96. The van der Waals surface area contributed by atoms with Crippen molar-refractivity contribution in [2.24, 2.45) is 0 Å². The minimum atomic E-state index is -4.40. The van der Waals surface area contributed by atoms with Crippen molar-refractivity contribution in [3.8, 4) is 0 Å². The topological polar surface area (TPSA) is 54.0 Å². The number of amides is 2. The second-order valence-corrected chi connectivity index (χ2v) is 4.32. The molecular weight excluding hydrogens is 283 g/mol. The molecule has 0 aliphatic rings. The van der Waals surface area contributed by atoms with Gasteiger partial charge in [0.1, 0.15) is 5.82 Å². The number of benzene rings is 1. The first-order valence-electron chi connectivity index (χ1n) is 6.03. The molecule has 0 bridgehead atoms. The molecule has 0 atom stereocenters. The molecule has 0 aliphatic heterocycles. The predicted molar refractivity (Wildman–Crippen MR) is 73.1 cm³/mol. The van der Waals surface area contributed by atoms with Crippen LogP contribution in [0.1, 0.15) is 11.1 Å². The molecule has 0 saturated heterocycles. The van der Waals surface area contributed by atoms with Gasteiger partial charge in [0.25, 0.3) is 0 Å². The molecule has 2 rings (SSSR count). The molecule has 7 heteroatoms. The zero-order valence-corrected chi connectivity index (χ0v) is 11.0. The van der Waals surface area contributed by atoms with Crippen LogP contribution in [0.4, 0.5) is 29.5 Å². The van der Waals surface area contributed by atoms with Crippen LogP contribution in [-0.2, 0) is 6.18 Å². The van der Waals surface area contributed by atoms with Crippen molar-refractivity contribution in [2.45, 2.75) is 13.1 Å². The lowest BCUT2D eigenvalue weighted by Crippen LogP contribution is -2.20. The molecule has 1 aromatic heterocycles. The molecular formula is C14H12F3N3O. The highest BCUT2D eigenvalue weighted by Crippen LogP contribution is 2.29. The molecule has 21 heavy (non-hydrogen) atoms. The maximum absolute atomic E-state index is 12.4. The zero-order chi connectivity index (χ0) is 15.5. The number of aromatic nitrogens is 1. The number of anilines is 2. The fourth-order valence-corrected chi connectivity index (χ4v) is 1.63. The van der Waals surface area contributed by atoms with Crippen molar-refractivity contribution in [3.05, 3.63) is 53.7 Å². The van der Waals surface area contributed by atoms with Crippen LogP contribution < -0.4 is 10.6 Å². The number of carbonyl (C=O) groups excluding carboxylic acids is 1. The number of aryl methyl sites for hydroxylation is 1. The third-order valence-corrected chi connectivity index (χ3v) is 2.71. The number of nitrogens with zero attached hydrogens (tertiary/aromatic N) is 1. The number of hydrogen-bond acceptors (Lipinski definition) is 2. The van der Waals surface area contributed by atoms with Crippen molar-refractivity contribution < 1.29 is 18.0 Å². The van der Waals surface area contributed by atoms with Crippen LogP contribution >= 0.6 is 0 Å². The first-order valence-corrected chi connectivity index (χ1v) is 6.03. The van der Waals surface area contributed by atoms with Gasteiger partial charge in [-0.25, -0.2) is 9.78 Å². The number of urea groups is 1. The number of nitrogens with one attached hydrogen (secondary N) is 2. The van der Waals surface area contributed by atoms with E-state index in [2.05, 4.69) is 15.6 Å². The second-order valence-electron chi connectivity index (χ2n) is 4.32. The van der Waals surface area contributed by atoms with Gasteiger partial charge in [0.15, 0.2) is 0 Å². The van der Waals surface area contributed by atoms with E-state index in [1.54, 1.807) is 19.1 Å². The number of rotatable bonds is 2. The largest absolute Gasteiger partial charge is 0.416 e. The lowest BCUT2D eigenvalue weighted by Gasteiger charge is -2.10. The summed E-state index contributed by atoms with van der Waals surface area (Å²) in [5.74, 6) is 0.391. The first-order chi connectivity index (χ1) is 9.86. The van der Waals surface area contributed by atoms with Crippen molar-refractivity contribution >= 4 is 17.5 Å². The van der Waals surface area contributed by atoms with Crippen molar-refractivity contribution in [1.82, 2.24) is 4.98 Å². The monoisotopic (exact) mass is 295 g/mol. The summed E-state index contributed by atoms with van der Waals surface area (Å²) >= 11 is 0. The maximum Gasteiger partial charge on any atom is 0.416 e. The van der Waals surface area contributed by atoms with Gasteiger partial charge in [0.2, 0.25) is 0 Å². The van der Waals surface area contributed by atoms with Crippen LogP contribution in [0, 0.1) is 6.92 Å². The average Bonchev–Trinajstić information content (AvgIpc) is 2.41. The van der Waals surface area contributed by atoms with E-state index in [9.17, 15) is 18.0 Å². The van der Waals surface area contributed by atoms with E-state index in [0.717, 1.165) is 17.7 Å². The molecule has 2 N–H and O–H groups in total. The molecule has 4 nitrogen and oxygen atoms in total. The average molecular weight is 295 g/mol. The maximum atomic E-state index is 12.4. The Morgan fingerprint density at radius 1 is 1.10 bits per heavy atom. The van der Waals surface area contributed by atoms with Gasteiger partial charge >= 0.3 is 12.2 Å². The molecule has 2 aromatic rings. The Kier molecular flexibility index (Phi) is 4.11. The zero-order valence-electron chi connectivity index (χ0n) is 11.0. The van der Waals surface area contributed by atoms with Crippen molar-refractivity contribution in [1.29, 1.82) is 0 Å². The number of carbonyl (C=O) groups is 1. The van der Waals surface area contributed by atoms with Crippen LogP contribution in [0.3, 0.4) is 0 Å². The Labute approximate surface area is 119 Å². The van der Waals surface area contributed by atoms with Crippen LogP contribution in [0.2, 0.25) is 0 Å². The molecule has 110 valence electrons.